The molecule has 4 aromatic rings. The maximum Gasteiger partial charge on any atom is 0.489 e. The first-order valence-electron chi connectivity index (χ1n) is 25.7. The third kappa shape index (κ3) is 15.2. The lowest BCUT2D eigenvalue weighted by Gasteiger charge is -2.29. The summed E-state index contributed by atoms with van der Waals surface area (Å²) in [4.78, 5) is 66.8. The minimum Gasteiger partial charge on any atom is -0.387 e. The van der Waals surface area contributed by atoms with Gasteiger partial charge in [-0.2, -0.15) is 30.4 Å². The number of fused-ring (bicyclic) bond motifs is 3. The molecule has 1 fully saturated rings. The molecule has 2 aromatic heterocycles. The fourth-order valence-electron chi connectivity index (χ4n) is 10.2. The van der Waals surface area contributed by atoms with Crippen LogP contribution in [-0.2, 0) is 67.4 Å². The van der Waals surface area contributed by atoms with E-state index in [2.05, 4.69) is 44.4 Å². The summed E-state index contributed by atoms with van der Waals surface area (Å²) < 4.78 is 125. The number of aromatic nitrogens is 4. The van der Waals surface area contributed by atoms with E-state index in [0.29, 0.717) is 25.8 Å². The molecule has 8 atom stereocenters. The van der Waals surface area contributed by atoms with Gasteiger partial charge in [-0.3, -0.25) is 32.8 Å². The molecule has 2 aromatic carbocycles. The highest BCUT2D eigenvalue weighted by Crippen LogP contribution is 2.66. The molecule has 12 N–H and O–H groups in total. The molecule has 1 amide bonds. The monoisotopic (exact) mass is 1240 g/mol. The van der Waals surface area contributed by atoms with E-state index in [1.54, 1.807) is 12.1 Å². The number of amides is 1. The van der Waals surface area contributed by atoms with E-state index in [1.165, 1.54) is 24.3 Å². The van der Waals surface area contributed by atoms with Gasteiger partial charge in [0.1, 0.15) is 18.3 Å². The molecule has 4 heterocycles. The zero-order valence-corrected chi connectivity index (χ0v) is 49.4. The van der Waals surface area contributed by atoms with Gasteiger partial charge in [0.05, 0.1) is 22.7 Å². The van der Waals surface area contributed by atoms with E-state index in [0.717, 1.165) is 63.8 Å². The number of nitrogens with one attached hydrogen (secondary N) is 3. The fraction of sp³-hybridized carbons (Fsp3) is 0.469. The number of benzene rings is 2. The van der Waals surface area contributed by atoms with Crippen LogP contribution in [0.3, 0.4) is 0 Å². The van der Waals surface area contributed by atoms with Crippen molar-refractivity contribution in [3.05, 3.63) is 117 Å². The summed E-state index contributed by atoms with van der Waals surface area (Å²) in [6.07, 6.45) is 10.2. The Morgan fingerprint density at radius 3 is 2.24 bits per heavy atom. The summed E-state index contributed by atoms with van der Waals surface area (Å²) in [6.45, 7) is 8.77. The van der Waals surface area contributed by atoms with Crippen molar-refractivity contribution in [3.8, 4) is 0 Å². The first-order valence-corrected chi connectivity index (χ1v) is 33.2. The molecule has 82 heavy (non-hydrogen) atoms. The van der Waals surface area contributed by atoms with Crippen molar-refractivity contribution in [2.75, 3.05) is 36.9 Å². The quantitative estimate of drug-likeness (QED) is 0.0171. The highest BCUT2D eigenvalue weighted by molar-refractivity contribution is 7.86. The lowest BCUT2D eigenvalue weighted by molar-refractivity contribution is -0.121. The molecule has 33 heteroatoms. The summed E-state index contributed by atoms with van der Waals surface area (Å²) in [5.74, 6) is -0.720. The smallest absolute Gasteiger partial charge is 0.387 e. The Bertz CT molecular complexity index is 3640. The number of hydrogen-bond donors (Lipinski definition) is 11. The number of allylic oxidation sites excluding steroid dienone is 8. The molecule has 0 radical (unpaired) electrons. The summed E-state index contributed by atoms with van der Waals surface area (Å²) in [5, 5.41) is 25.6. The second kappa shape index (κ2) is 25.3. The number of rotatable bonds is 25. The number of anilines is 2. The number of hydrogen-bond acceptors (Lipinski definition) is 19. The number of nitrogens with zero attached hydrogens (tertiary/aromatic N) is 4. The normalized spacial score (nSPS) is 23.6. The Balaban J connectivity index is 0.848. The van der Waals surface area contributed by atoms with Gasteiger partial charge in [-0.1, -0.05) is 83.4 Å². The predicted octanol–water partition coefficient (Wildman–Crippen LogP) is 5.42. The number of H-pyrrole nitrogens is 1. The molecule has 2 aliphatic heterocycles. The van der Waals surface area contributed by atoms with Crippen LogP contribution < -0.4 is 26.6 Å². The van der Waals surface area contributed by atoms with E-state index in [1.807, 2.05) is 70.1 Å². The molecule has 1 aliphatic carbocycles. The van der Waals surface area contributed by atoms with Gasteiger partial charge < -0.3 is 45.6 Å². The van der Waals surface area contributed by atoms with Gasteiger partial charge >= 0.3 is 23.4 Å². The number of aromatic amines is 1. The minimum absolute atomic E-state index is 0.0123. The van der Waals surface area contributed by atoms with Crippen LogP contribution in [0.25, 0.3) is 11.2 Å². The van der Waals surface area contributed by atoms with Crippen molar-refractivity contribution in [1.29, 1.82) is 0 Å². The lowest BCUT2D eigenvalue weighted by Crippen LogP contribution is -2.33. The van der Waals surface area contributed by atoms with Crippen molar-refractivity contribution in [3.63, 3.8) is 0 Å². The van der Waals surface area contributed by atoms with Crippen molar-refractivity contribution in [2.24, 2.45) is 0 Å². The second-order valence-corrected chi connectivity index (χ2v) is 28.3. The fourth-order valence-corrected chi connectivity index (χ4v) is 14.9. The maximum atomic E-state index is 12.6. The minimum atomic E-state index is -5.85. The molecule has 1 saturated heterocycles. The van der Waals surface area contributed by atoms with E-state index in [9.17, 15) is 74.1 Å². The number of phosphoric ester groups is 1. The standard InChI is InChI=1S/C49H67N8O20P3S2/c1-6-56-37-23-21-33(82(71,72)73)27-36(37)49(4,5)39(56)16-12-9-11-15-31-19-18-30(34-22-20-32(81(68,69)70)26-35(34)48(31,2)3)14-10-7-8-13-17-40(58)51-24-25-53-78(62,63)76-80(66,67)77-79(64,65)74-28-38-42(59)43(60)46(75-38)57-29-52-41-44(57)54-47(50)55-45(41)61/h9,11-12,15-16,19-23,26-27,29-30,38,42-43,46,59-60H,6-8,10,13-14,17-18,24-25,28H2,1-5H3,(H,51,58)(H,64,65)(H,66,67)(H2,53,62,63)(H,68,69,70)(H,71,72,73)(H3,50,54,55,61)/b12-9+,15-11+,39-16+. The Morgan fingerprint density at radius 2 is 1.56 bits per heavy atom. The summed E-state index contributed by atoms with van der Waals surface area (Å²) in [7, 11) is -25.6. The van der Waals surface area contributed by atoms with Crippen molar-refractivity contribution in [1.82, 2.24) is 29.9 Å². The number of nitrogen functional groups attached to an aromatic ring is 1. The molecule has 8 unspecified atom stereocenters. The average molecular weight is 1250 g/mol. The van der Waals surface area contributed by atoms with Crippen LogP contribution in [0, 0.1) is 0 Å². The van der Waals surface area contributed by atoms with Crippen molar-refractivity contribution >= 4 is 72.3 Å². The number of likely N-dealkylation sites (N-methyl/N-ethyl adjacent to an activating group) is 1. The van der Waals surface area contributed by atoms with Crippen molar-refractivity contribution in [2.45, 2.75) is 131 Å². The predicted molar refractivity (Wildman–Crippen MR) is 298 cm³/mol. The zero-order valence-electron chi connectivity index (χ0n) is 45.1. The van der Waals surface area contributed by atoms with Gasteiger partial charge in [0.25, 0.3) is 25.8 Å². The molecule has 7 rings (SSSR count). The highest BCUT2D eigenvalue weighted by Gasteiger charge is 2.47. The molecule has 3 aliphatic rings. The van der Waals surface area contributed by atoms with Gasteiger partial charge in [0, 0.05) is 48.3 Å². The maximum absolute atomic E-state index is 12.6. The Labute approximate surface area is 472 Å². The van der Waals surface area contributed by atoms with E-state index in [4.69, 9.17) is 10.5 Å². The molecule has 0 saturated carbocycles. The Morgan fingerprint density at radius 1 is 0.890 bits per heavy atom. The van der Waals surface area contributed by atoms with Crippen LogP contribution in [0.2, 0.25) is 0 Å². The van der Waals surface area contributed by atoms with Gasteiger partial charge in [-0.25, -0.2) is 23.8 Å². The topological polar surface area (TPSA) is 432 Å². The van der Waals surface area contributed by atoms with Crippen molar-refractivity contribution < 1.29 is 87.2 Å². The van der Waals surface area contributed by atoms with Gasteiger partial charge in [-0.05, 0) is 90.8 Å². The van der Waals surface area contributed by atoms with Crippen LogP contribution in [0.4, 0.5) is 11.6 Å². The molecular weight excluding hydrogens is 1180 g/mol. The number of carbonyl (C=O) groups excluding carboxylic acids is 1. The molecule has 28 nitrogen and oxygen atoms in total. The average Bonchev–Trinajstić information content (AvgIpc) is 4.14. The molecule has 450 valence electrons. The van der Waals surface area contributed by atoms with E-state index in [-0.39, 0.29) is 45.8 Å². The Kier molecular flexibility index (Phi) is 19.9. The van der Waals surface area contributed by atoms with E-state index < -0.39 is 104 Å². The van der Waals surface area contributed by atoms with Gasteiger partial charge in [0.15, 0.2) is 17.4 Å². The Hall–Kier alpha value is -5.07. The third-order valence-corrected chi connectivity index (χ3v) is 20.5. The van der Waals surface area contributed by atoms with Gasteiger partial charge in [0.2, 0.25) is 11.9 Å². The molecule has 0 bridgehead atoms. The number of aliphatic hydroxyl groups excluding tert-OH is 2. The zero-order chi connectivity index (χ0) is 60.4. The number of aliphatic hydroxyl groups is 2. The summed E-state index contributed by atoms with van der Waals surface area (Å²) in [5.41, 5.74) is 8.41. The van der Waals surface area contributed by atoms with Crippen LogP contribution in [0.1, 0.15) is 108 Å². The second-order valence-electron chi connectivity index (χ2n) is 20.7. The highest BCUT2D eigenvalue weighted by atomic mass is 32.2. The molecule has 0 spiro atoms. The van der Waals surface area contributed by atoms with Gasteiger partial charge in [-0.15, -0.1) is 0 Å². The number of imidazole rings is 1. The number of ether oxygens (including phenoxy) is 1. The largest absolute Gasteiger partial charge is 0.489 e. The van der Waals surface area contributed by atoms with Crippen LogP contribution >= 0.6 is 23.4 Å². The lowest BCUT2D eigenvalue weighted by atomic mass is 9.75. The first-order chi connectivity index (χ1) is 38.2. The third-order valence-electron chi connectivity index (χ3n) is 14.4. The van der Waals surface area contributed by atoms with E-state index >= 15 is 0 Å². The summed E-state index contributed by atoms with van der Waals surface area (Å²) in [6, 6.07) is 9.24. The van der Waals surface area contributed by atoms with Crippen LogP contribution in [0.5, 0.6) is 0 Å². The van der Waals surface area contributed by atoms with Crippen LogP contribution in [-0.4, -0.2) is 121 Å². The van der Waals surface area contributed by atoms with Crippen LogP contribution in [0.15, 0.2) is 105 Å². The molecular formula is C49H67N8O20P3S2. The number of nitrogens with two attached hydrogens (primary N) is 1. The number of phosphoric acid groups is 2. The SMILES string of the molecule is CCN1/C(=C/C=C/C=C/C2=CCC(CCCCCCC(=O)NCCNP(=O)(O)OP(=O)(O)OP(=O)(O)OCC3OC(n4cnc5c(=O)[nH]c(N)nc54)C(O)C3O)c3ccc(S(=O)(=O)O)cc3C2(C)C)C(C)(C)c2cc(S(=O)(=O)O)ccc21. The number of unbranched alkanes of at least 4 members (excludes halogenated alkanes) is 3. The summed E-state index contributed by atoms with van der Waals surface area (Å²) >= 11 is 0. The number of carbonyl (C=O) groups is 1. The first kappa shape index (κ1) is 64.5.